The van der Waals surface area contributed by atoms with Gasteiger partial charge in [-0.2, -0.15) is 23.5 Å². The van der Waals surface area contributed by atoms with Gasteiger partial charge in [0, 0.05) is 0 Å². The number of ether oxygens (including phenoxy) is 2. The first-order chi connectivity index (χ1) is 15.5. The lowest BCUT2D eigenvalue weighted by molar-refractivity contribution is -0.138. The lowest BCUT2D eigenvalue weighted by Crippen LogP contribution is -2.36. The van der Waals surface area contributed by atoms with Crippen LogP contribution in [0.25, 0.3) is 0 Å². The highest BCUT2D eigenvalue weighted by molar-refractivity contribution is 6.47. The number of imide groups is 1. The number of carbonyl (C=O) groups is 2. The Balaban J connectivity index is 2.22. The van der Waals surface area contributed by atoms with Crippen molar-refractivity contribution in [2.24, 2.45) is 5.10 Å². The number of amides is 2. The molecule has 2 rings (SSSR count). The van der Waals surface area contributed by atoms with Crippen molar-refractivity contribution in [3.8, 4) is 23.3 Å². The zero-order chi connectivity index (χ0) is 24.8. The largest absolute Gasteiger partial charge is 0.507 e. The second-order valence-corrected chi connectivity index (χ2v) is 6.72. The Labute approximate surface area is 194 Å². The molecule has 9 nitrogen and oxygen atoms in total. The molecule has 0 saturated carbocycles. The van der Waals surface area contributed by atoms with Gasteiger partial charge in [-0.15, -0.1) is 0 Å². The number of alkyl carbamates (subject to hydrolysis) is 1. The van der Waals surface area contributed by atoms with Gasteiger partial charge in [0.1, 0.15) is 23.1 Å². The Morgan fingerprint density at radius 3 is 2.39 bits per heavy atom. The molecule has 33 heavy (non-hydrogen) atoms. The Kier molecular flexibility index (Phi) is 8.33. The summed E-state index contributed by atoms with van der Waals surface area (Å²) >= 11 is 12.2. The van der Waals surface area contributed by atoms with Crippen molar-refractivity contribution >= 4 is 46.6 Å². The van der Waals surface area contributed by atoms with Crippen LogP contribution in [0, 0.1) is 11.3 Å². The summed E-state index contributed by atoms with van der Waals surface area (Å²) in [6.07, 6.45) is -5.89. The first kappa shape index (κ1) is 25.6. The Bertz CT molecular complexity index is 1130. The highest BCUT2D eigenvalue weighted by atomic mass is 35.5. The lowest BCUT2D eigenvalue weighted by Gasteiger charge is -2.14. The molecule has 14 heteroatoms. The first-order valence-electron chi connectivity index (χ1n) is 8.75. The molecule has 0 spiro atoms. The van der Waals surface area contributed by atoms with E-state index in [-0.39, 0.29) is 33.8 Å². The van der Waals surface area contributed by atoms with E-state index in [0.717, 1.165) is 12.1 Å². The minimum Gasteiger partial charge on any atom is -0.507 e. The monoisotopic (exact) mass is 504 g/mol. The minimum absolute atomic E-state index is 0.00345. The number of nitriles is 1. The molecule has 0 aliphatic heterocycles. The third kappa shape index (κ3) is 6.90. The van der Waals surface area contributed by atoms with E-state index < -0.39 is 35.2 Å². The standard InChI is InChI=1S/C19H13Cl2F3N4O5/c1-2-32-18(31)26-17(30)14(8-25)28-27-9-5-12(20)16(13(21)6-9)33-10-3-4-15(29)11(7-10)19(22,23)24/h3-7,27,29H,2H2,1H3,(H,26,30,31)/b28-14+. The van der Waals surface area contributed by atoms with E-state index in [1.54, 1.807) is 5.32 Å². The van der Waals surface area contributed by atoms with Crippen LogP contribution < -0.4 is 15.5 Å². The third-order valence-corrected chi connectivity index (χ3v) is 4.16. The number of phenolic OH excluding ortho intramolecular Hbond substituents is 1. The minimum atomic E-state index is -4.82. The molecule has 0 aliphatic carbocycles. The van der Waals surface area contributed by atoms with Gasteiger partial charge < -0.3 is 14.6 Å². The Morgan fingerprint density at radius 2 is 1.85 bits per heavy atom. The van der Waals surface area contributed by atoms with E-state index in [0.29, 0.717) is 6.07 Å². The third-order valence-electron chi connectivity index (χ3n) is 3.60. The molecular formula is C19H13Cl2F3N4O5. The van der Waals surface area contributed by atoms with Crippen LogP contribution in [0.2, 0.25) is 10.0 Å². The number of hydrazone groups is 1. The Morgan fingerprint density at radius 1 is 1.21 bits per heavy atom. The van der Waals surface area contributed by atoms with Gasteiger partial charge in [0.05, 0.1) is 22.3 Å². The molecule has 0 aliphatic rings. The molecule has 0 bridgehead atoms. The van der Waals surface area contributed by atoms with Crippen LogP contribution in [-0.2, 0) is 15.7 Å². The summed E-state index contributed by atoms with van der Waals surface area (Å²) in [5, 5.41) is 23.4. The van der Waals surface area contributed by atoms with Gasteiger partial charge >= 0.3 is 12.3 Å². The van der Waals surface area contributed by atoms with Gasteiger partial charge in [0.2, 0.25) is 5.71 Å². The summed E-state index contributed by atoms with van der Waals surface area (Å²) in [4.78, 5) is 23.1. The zero-order valence-corrected chi connectivity index (χ0v) is 18.0. The van der Waals surface area contributed by atoms with E-state index in [1.807, 2.05) is 0 Å². The molecule has 0 radical (unpaired) electrons. The first-order valence-corrected chi connectivity index (χ1v) is 9.50. The predicted molar refractivity (Wildman–Crippen MR) is 111 cm³/mol. The van der Waals surface area contributed by atoms with Crippen molar-refractivity contribution in [1.29, 1.82) is 5.26 Å². The number of carbonyl (C=O) groups excluding carboxylic acids is 2. The second kappa shape index (κ2) is 10.8. The number of anilines is 1. The molecule has 0 heterocycles. The van der Waals surface area contributed by atoms with Crippen LogP contribution >= 0.6 is 23.2 Å². The zero-order valence-electron chi connectivity index (χ0n) is 16.5. The summed E-state index contributed by atoms with van der Waals surface area (Å²) in [7, 11) is 0. The summed E-state index contributed by atoms with van der Waals surface area (Å²) in [5.74, 6) is -2.62. The van der Waals surface area contributed by atoms with Crippen molar-refractivity contribution in [3.63, 3.8) is 0 Å². The summed E-state index contributed by atoms with van der Waals surface area (Å²) in [6.45, 7) is 1.52. The van der Waals surface area contributed by atoms with Crippen molar-refractivity contribution in [3.05, 3.63) is 45.9 Å². The van der Waals surface area contributed by atoms with Crippen LogP contribution in [0.3, 0.4) is 0 Å². The number of rotatable bonds is 6. The van der Waals surface area contributed by atoms with E-state index in [9.17, 15) is 27.9 Å². The van der Waals surface area contributed by atoms with Gasteiger partial charge in [0.25, 0.3) is 5.91 Å². The number of nitrogens with zero attached hydrogens (tertiary/aromatic N) is 2. The molecule has 3 N–H and O–H groups in total. The van der Waals surface area contributed by atoms with E-state index >= 15 is 0 Å². The van der Waals surface area contributed by atoms with Crippen molar-refractivity contribution < 1.29 is 37.3 Å². The van der Waals surface area contributed by atoms with Crippen LogP contribution in [0.4, 0.5) is 23.7 Å². The van der Waals surface area contributed by atoms with E-state index in [1.165, 1.54) is 25.1 Å². The fraction of sp³-hybridized carbons (Fsp3) is 0.158. The average Bonchev–Trinajstić information content (AvgIpc) is 2.71. The molecule has 2 aromatic rings. The van der Waals surface area contributed by atoms with E-state index in [4.69, 9.17) is 33.2 Å². The van der Waals surface area contributed by atoms with E-state index in [2.05, 4.69) is 15.3 Å². The molecule has 0 saturated heterocycles. The number of hydrogen-bond donors (Lipinski definition) is 3. The normalized spacial score (nSPS) is 11.4. The summed E-state index contributed by atoms with van der Waals surface area (Å²) < 4.78 is 48.7. The Hall–Kier alpha value is -3.69. The fourth-order valence-corrected chi connectivity index (χ4v) is 2.78. The maximum atomic E-state index is 13.0. The second-order valence-electron chi connectivity index (χ2n) is 5.91. The molecule has 0 fully saturated rings. The van der Waals surface area contributed by atoms with Gasteiger partial charge in [-0.05, 0) is 37.3 Å². The number of halogens is 5. The van der Waals surface area contributed by atoms with Crippen molar-refractivity contribution in [2.75, 3.05) is 12.0 Å². The van der Waals surface area contributed by atoms with Crippen LogP contribution in [0.5, 0.6) is 17.2 Å². The molecule has 2 amide bonds. The number of phenols is 1. The van der Waals surface area contributed by atoms with Gasteiger partial charge in [0.15, 0.2) is 5.75 Å². The molecule has 0 unspecified atom stereocenters. The summed E-state index contributed by atoms with van der Waals surface area (Å²) in [5.41, 5.74) is 0.379. The van der Waals surface area contributed by atoms with Gasteiger partial charge in [-0.3, -0.25) is 15.5 Å². The number of hydrogen-bond acceptors (Lipinski definition) is 8. The van der Waals surface area contributed by atoms with Crippen molar-refractivity contribution in [1.82, 2.24) is 5.32 Å². The quantitative estimate of drug-likeness (QED) is 0.369. The van der Waals surface area contributed by atoms with Crippen molar-refractivity contribution in [2.45, 2.75) is 13.1 Å². The molecular weight excluding hydrogens is 492 g/mol. The predicted octanol–water partition coefficient (Wildman–Crippen LogP) is 5.07. The maximum Gasteiger partial charge on any atom is 0.420 e. The fourth-order valence-electron chi connectivity index (χ4n) is 2.21. The maximum absolute atomic E-state index is 13.0. The number of alkyl halides is 3. The topological polar surface area (TPSA) is 133 Å². The molecule has 174 valence electrons. The number of nitrogens with one attached hydrogen (secondary N) is 2. The van der Waals surface area contributed by atoms with Crippen LogP contribution in [0.15, 0.2) is 35.4 Å². The number of benzene rings is 2. The molecule has 0 atom stereocenters. The van der Waals surface area contributed by atoms with Crippen LogP contribution in [0.1, 0.15) is 12.5 Å². The summed E-state index contributed by atoms with van der Waals surface area (Å²) in [6, 6.07) is 6.34. The SMILES string of the molecule is CCOC(=O)NC(=O)/C(C#N)=N/Nc1cc(Cl)c(Oc2ccc(O)c(C(F)(F)F)c2)c(Cl)c1. The van der Waals surface area contributed by atoms with Crippen LogP contribution in [-0.4, -0.2) is 29.4 Å². The molecule has 0 aromatic heterocycles. The van der Waals surface area contributed by atoms with Gasteiger partial charge in [-0.25, -0.2) is 4.79 Å². The average molecular weight is 505 g/mol. The highest BCUT2D eigenvalue weighted by Gasteiger charge is 2.34. The molecule has 2 aromatic carbocycles. The smallest absolute Gasteiger partial charge is 0.420 e. The lowest BCUT2D eigenvalue weighted by atomic mass is 10.2. The van der Waals surface area contributed by atoms with Gasteiger partial charge in [-0.1, -0.05) is 23.2 Å². The highest BCUT2D eigenvalue weighted by Crippen LogP contribution is 2.42. The number of aromatic hydroxyl groups is 1.